The number of ether oxygens (including phenoxy) is 1. The molecular formula is C27H34N2O5S. The van der Waals surface area contributed by atoms with Crippen LogP contribution in [-0.2, 0) is 33.6 Å². The van der Waals surface area contributed by atoms with E-state index in [1.165, 1.54) is 11.1 Å². The fourth-order valence-electron chi connectivity index (χ4n) is 5.06. The molecule has 0 saturated carbocycles. The van der Waals surface area contributed by atoms with E-state index in [0.29, 0.717) is 18.6 Å². The number of carbonyl (C=O) groups excluding carboxylic acids is 1. The Morgan fingerprint density at radius 2 is 1.91 bits per heavy atom. The van der Waals surface area contributed by atoms with Gasteiger partial charge in [0.2, 0.25) is 0 Å². The van der Waals surface area contributed by atoms with E-state index in [9.17, 15) is 19.9 Å². The Kier molecular flexibility index (Phi) is 8.83. The molecule has 1 aliphatic carbocycles. The molecule has 3 unspecified atom stereocenters. The van der Waals surface area contributed by atoms with Crippen LogP contribution in [0.1, 0.15) is 60.9 Å². The number of hydroxylamine groups is 2. The van der Waals surface area contributed by atoms with Gasteiger partial charge in [-0.15, -0.1) is 11.8 Å². The third-order valence-electron chi connectivity index (χ3n) is 6.86. The fraction of sp³-hybridized carbons (Fsp3) is 0.481. The number of carboxylic acids is 1. The first-order valence-electron chi connectivity index (χ1n) is 12.5. The first-order valence-corrected chi connectivity index (χ1v) is 13.5. The van der Waals surface area contributed by atoms with Crippen LogP contribution in [0.25, 0.3) is 0 Å². The summed E-state index contributed by atoms with van der Waals surface area (Å²) in [6, 6.07) is 12.7. The summed E-state index contributed by atoms with van der Waals surface area (Å²) in [6.07, 6.45) is 4.51. The van der Waals surface area contributed by atoms with Gasteiger partial charge in [-0.3, -0.25) is 14.9 Å². The van der Waals surface area contributed by atoms with Crippen molar-refractivity contribution < 1.29 is 24.5 Å². The van der Waals surface area contributed by atoms with Crippen LogP contribution in [0.15, 0.2) is 47.4 Å². The lowest BCUT2D eigenvalue weighted by atomic mass is 9.88. The van der Waals surface area contributed by atoms with Crippen molar-refractivity contribution >= 4 is 23.7 Å². The molecule has 0 fully saturated rings. The number of aryl methyl sites for hydroxylation is 3. The second-order valence-electron chi connectivity index (χ2n) is 9.28. The number of rotatable bonds is 9. The van der Waals surface area contributed by atoms with Crippen LogP contribution in [0.5, 0.6) is 0 Å². The van der Waals surface area contributed by atoms with Gasteiger partial charge in [-0.2, -0.15) is 0 Å². The Balaban J connectivity index is 1.57. The molecule has 0 radical (unpaired) electrons. The summed E-state index contributed by atoms with van der Waals surface area (Å²) in [5.74, 6) is -0.931. The molecule has 4 atom stereocenters. The van der Waals surface area contributed by atoms with Gasteiger partial charge in [0.25, 0.3) is 0 Å². The van der Waals surface area contributed by atoms with Crippen LogP contribution < -0.4 is 10.4 Å². The quantitative estimate of drug-likeness (QED) is 0.361. The second kappa shape index (κ2) is 12.0. The van der Waals surface area contributed by atoms with Crippen molar-refractivity contribution in [2.75, 3.05) is 12.4 Å². The summed E-state index contributed by atoms with van der Waals surface area (Å²) in [6.45, 7) is 2.02. The van der Waals surface area contributed by atoms with Crippen LogP contribution in [0, 0.1) is 5.21 Å². The van der Waals surface area contributed by atoms with E-state index in [2.05, 4.69) is 17.4 Å². The Morgan fingerprint density at radius 3 is 2.60 bits per heavy atom. The third kappa shape index (κ3) is 6.44. The van der Waals surface area contributed by atoms with Crippen molar-refractivity contribution in [3.8, 4) is 0 Å². The Morgan fingerprint density at radius 1 is 1.20 bits per heavy atom. The smallest absolute Gasteiger partial charge is 0.323 e. The van der Waals surface area contributed by atoms with Gasteiger partial charge in [0.1, 0.15) is 18.5 Å². The number of quaternary nitrogens is 1. The van der Waals surface area contributed by atoms with Gasteiger partial charge in [0.05, 0.1) is 12.4 Å². The van der Waals surface area contributed by atoms with Crippen LogP contribution in [0.3, 0.4) is 0 Å². The van der Waals surface area contributed by atoms with Crippen LogP contribution in [0.4, 0.5) is 0 Å². The maximum Gasteiger partial charge on any atom is 0.323 e. The highest BCUT2D eigenvalue weighted by atomic mass is 32.2. The van der Waals surface area contributed by atoms with Gasteiger partial charge in [-0.25, -0.2) is 0 Å². The van der Waals surface area contributed by atoms with Crippen molar-refractivity contribution in [1.82, 2.24) is 5.32 Å². The molecule has 2 aromatic carbocycles. The SMILES string of the molecule is CCOC(=O)C(CCc1ccccc1)N[C@H]1CSc2cc3c(cc2C(CC(=O)O)[NH+]1[O-])CCCC3. The molecule has 0 amide bonds. The first kappa shape index (κ1) is 25.7. The number of carbonyl (C=O) groups is 2. The molecule has 4 rings (SSSR count). The molecule has 0 spiro atoms. The van der Waals surface area contributed by atoms with E-state index in [0.717, 1.165) is 41.7 Å². The van der Waals surface area contributed by atoms with Crippen LogP contribution in [-0.4, -0.2) is 41.6 Å². The van der Waals surface area contributed by atoms with Gasteiger partial charge in [0, 0.05) is 10.5 Å². The monoisotopic (exact) mass is 498 g/mol. The van der Waals surface area contributed by atoms with Crippen LogP contribution in [0.2, 0.25) is 0 Å². The summed E-state index contributed by atoms with van der Waals surface area (Å²) in [5, 5.41) is 26.4. The minimum Gasteiger partial charge on any atom is -0.633 e. The molecule has 35 heavy (non-hydrogen) atoms. The molecule has 2 aromatic rings. The number of fused-ring (bicyclic) bond motifs is 2. The van der Waals surface area contributed by atoms with Gasteiger partial charge in [-0.05, 0) is 74.3 Å². The Bertz CT molecular complexity index is 1030. The van der Waals surface area contributed by atoms with Crippen molar-refractivity contribution in [3.63, 3.8) is 0 Å². The summed E-state index contributed by atoms with van der Waals surface area (Å²) in [5.41, 5.74) is 4.47. The maximum absolute atomic E-state index is 13.7. The molecule has 2 aliphatic rings. The van der Waals surface area contributed by atoms with Crippen molar-refractivity contribution in [1.29, 1.82) is 0 Å². The lowest BCUT2D eigenvalue weighted by Crippen LogP contribution is -3.14. The highest BCUT2D eigenvalue weighted by Crippen LogP contribution is 2.35. The second-order valence-corrected chi connectivity index (χ2v) is 10.3. The van der Waals surface area contributed by atoms with E-state index >= 15 is 0 Å². The predicted octanol–water partition coefficient (Wildman–Crippen LogP) is 3.05. The Hall–Kier alpha value is -2.39. The fourth-order valence-corrected chi connectivity index (χ4v) is 6.26. The maximum atomic E-state index is 13.7. The van der Waals surface area contributed by atoms with Crippen molar-refractivity contribution in [2.45, 2.75) is 75.0 Å². The summed E-state index contributed by atoms with van der Waals surface area (Å²) in [4.78, 5) is 25.5. The minimum atomic E-state index is -0.997. The lowest BCUT2D eigenvalue weighted by Gasteiger charge is -2.37. The molecule has 0 aromatic heterocycles. The molecule has 1 heterocycles. The molecule has 3 N–H and O–H groups in total. The number of benzene rings is 2. The first-order chi connectivity index (χ1) is 17.0. The zero-order valence-corrected chi connectivity index (χ0v) is 20.9. The average molecular weight is 499 g/mol. The summed E-state index contributed by atoms with van der Waals surface area (Å²) in [7, 11) is 0. The standard InChI is InChI=1S/C27H34N2O5S/c1-2-34-27(32)22(13-12-18-8-4-3-5-9-18)28-25-17-35-24-15-20-11-7-6-10-19(20)14-21(24)23(29(25)33)16-26(30)31/h3-5,8-9,14-15,22-23,25,28-29H,2,6-7,10-13,16-17H2,1H3,(H,30,31)/t22?,23?,25-/m1/s1. The molecule has 8 heteroatoms. The molecule has 7 nitrogen and oxygen atoms in total. The molecule has 1 aliphatic heterocycles. The number of thioether (sulfide) groups is 1. The molecule has 0 saturated heterocycles. The van der Waals surface area contributed by atoms with E-state index in [-0.39, 0.29) is 24.1 Å². The Labute approximate surface area is 210 Å². The van der Waals surface area contributed by atoms with Crippen molar-refractivity contribution in [2.24, 2.45) is 0 Å². The van der Waals surface area contributed by atoms with E-state index in [4.69, 9.17) is 4.74 Å². The normalized spacial score (nSPS) is 22.4. The highest BCUT2D eigenvalue weighted by Gasteiger charge is 2.36. The number of hydrogen-bond donors (Lipinski definition) is 3. The summed E-state index contributed by atoms with van der Waals surface area (Å²) < 4.78 is 5.31. The number of carboxylic acid groups (broad SMARTS) is 1. The van der Waals surface area contributed by atoms with E-state index in [1.54, 1.807) is 18.7 Å². The number of hydrogen-bond acceptors (Lipinski definition) is 6. The topological polar surface area (TPSA) is 103 Å². The van der Waals surface area contributed by atoms with Gasteiger partial charge in [-0.1, -0.05) is 30.3 Å². The third-order valence-corrected chi connectivity index (χ3v) is 8.02. The highest BCUT2D eigenvalue weighted by molar-refractivity contribution is 7.99. The lowest BCUT2D eigenvalue weighted by molar-refractivity contribution is -0.908. The van der Waals surface area contributed by atoms with Gasteiger partial charge < -0.3 is 20.1 Å². The number of nitrogens with one attached hydrogen (secondary N) is 2. The molecule has 0 bridgehead atoms. The molecular weight excluding hydrogens is 464 g/mol. The molecule has 188 valence electrons. The van der Waals surface area contributed by atoms with Crippen molar-refractivity contribution in [3.05, 3.63) is 69.9 Å². The van der Waals surface area contributed by atoms with Gasteiger partial charge in [0.15, 0.2) is 6.17 Å². The zero-order valence-electron chi connectivity index (χ0n) is 20.1. The van der Waals surface area contributed by atoms with E-state index < -0.39 is 24.2 Å². The number of aliphatic carboxylic acids is 1. The predicted molar refractivity (Wildman–Crippen MR) is 135 cm³/mol. The number of esters is 1. The minimum absolute atomic E-state index is 0.164. The summed E-state index contributed by atoms with van der Waals surface area (Å²) >= 11 is 1.58. The zero-order chi connectivity index (χ0) is 24.8. The largest absolute Gasteiger partial charge is 0.633 e. The average Bonchev–Trinajstić information content (AvgIpc) is 2.97. The van der Waals surface area contributed by atoms with Crippen LogP contribution >= 0.6 is 11.8 Å². The van der Waals surface area contributed by atoms with E-state index in [1.807, 2.05) is 30.3 Å². The van der Waals surface area contributed by atoms with Gasteiger partial charge >= 0.3 is 11.9 Å².